The molecule has 35 heavy (non-hydrogen) atoms. The van der Waals surface area contributed by atoms with Gasteiger partial charge in [0.2, 0.25) is 0 Å². The molecule has 5 rings (SSSR count). The van der Waals surface area contributed by atoms with Crippen LogP contribution in [0.5, 0.6) is 0 Å². The second kappa shape index (κ2) is 9.53. The summed E-state index contributed by atoms with van der Waals surface area (Å²) in [6.07, 6.45) is 3.88. The second-order valence-corrected chi connectivity index (χ2v) is 32.5. The molecule has 0 spiro atoms. The van der Waals surface area contributed by atoms with Gasteiger partial charge in [-0.1, -0.05) is 0 Å². The Labute approximate surface area is 235 Å². The molecule has 0 aromatic heterocycles. The summed E-state index contributed by atoms with van der Waals surface area (Å²) in [6.45, 7) is 0. The molecule has 4 aromatic rings. The van der Waals surface area contributed by atoms with Crippen molar-refractivity contribution in [3.05, 3.63) is 121 Å². The van der Waals surface area contributed by atoms with Gasteiger partial charge in [0.25, 0.3) is 0 Å². The zero-order chi connectivity index (χ0) is 24.5. The van der Waals surface area contributed by atoms with Gasteiger partial charge < -0.3 is 0 Å². The van der Waals surface area contributed by atoms with Crippen molar-refractivity contribution in [3.8, 4) is 6.07 Å². The Balaban J connectivity index is 1.81. The summed E-state index contributed by atoms with van der Waals surface area (Å²) in [6, 6.07) is 47.3. The molecule has 1 atom stereocenters. The molecule has 1 unspecified atom stereocenters. The third-order valence-corrected chi connectivity index (χ3v) is 32.9. The van der Waals surface area contributed by atoms with Gasteiger partial charge in [0.15, 0.2) is 0 Å². The molecule has 0 bridgehead atoms. The molecule has 0 N–H and O–H groups in total. The van der Waals surface area contributed by atoms with Gasteiger partial charge in [-0.15, -0.1) is 0 Å². The maximum atomic E-state index is 10.2. The topological polar surface area (TPSA) is 23.8 Å². The van der Waals surface area contributed by atoms with Crippen molar-refractivity contribution in [2.45, 2.75) is 12.1 Å². The summed E-state index contributed by atoms with van der Waals surface area (Å²) in [5.74, 6) is 0. The van der Waals surface area contributed by atoms with E-state index in [0.717, 1.165) is 18.5 Å². The summed E-state index contributed by atoms with van der Waals surface area (Å²) in [5.41, 5.74) is 0.278. The van der Waals surface area contributed by atoms with Crippen molar-refractivity contribution < 1.29 is 0 Å². The molecule has 5 heteroatoms. The molecular formula is C30H29I2NP2. The van der Waals surface area contributed by atoms with E-state index in [-0.39, 0.29) is 5.66 Å². The van der Waals surface area contributed by atoms with E-state index in [1.165, 1.54) is 21.2 Å². The van der Waals surface area contributed by atoms with Crippen LogP contribution in [-0.2, 0) is 0 Å². The van der Waals surface area contributed by atoms with E-state index in [9.17, 15) is 5.26 Å². The Bertz CT molecular complexity index is 1280. The molecule has 1 heterocycles. The molecular weight excluding hydrogens is 690 g/mol. The van der Waals surface area contributed by atoms with Crippen LogP contribution in [0.4, 0.5) is 0 Å². The van der Waals surface area contributed by atoms with Gasteiger partial charge in [-0.05, 0) is 0 Å². The first-order chi connectivity index (χ1) is 16.9. The van der Waals surface area contributed by atoms with Crippen LogP contribution in [0.25, 0.3) is 0 Å². The molecule has 0 aliphatic carbocycles. The number of benzene rings is 4. The van der Waals surface area contributed by atoms with Gasteiger partial charge in [0.05, 0.1) is 0 Å². The number of rotatable bonds is 5. The van der Waals surface area contributed by atoms with Crippen LogP contribution in [0, 0.1) is 11.3 Å². The van der Waals surface area contributed by atoms with E-state index in [4.69, 9.17) is 0 Å². The van der Waals surface area contributed by atoms with E-state index in [0.29, 0.717) is 6.42 Å². The Morgan fingerprint density at radius 1 is 0.600 bits per heavy atom. The van der Waals surface area contributed by atoms with Gasteiger partial charge in [0, 0.05) is 0 Å². The average molecular weight is 719 g/mol. The van der Waals surface area contributed by atoms with Crippen LogP contribution in [0.1, 0.15) is 6.42 Å². The fourth-order valence-electron chi connectivity index (χ4n) is 6.13. The van der Waals surface area contributed by atoms with Crippen molar-refractivity contribution >= 4 is 73.8 Å². The number of nitriles is 1. The first-order valence-electron chi connectivity index (χ1n) is 12.0. The Hall–Kier alpha value is -1.31. The van der Waals surface area contributed by atoms with Crippen LogP contribution < -0.4 is 21.2 Å². The fraction of sp³-hybridized carbons (Fsp3) is 0.167. The maximum absolute atomic E-state index is 10.2. The first-order valence-corrected chi connectivity index (χ1v) is 22.6. The van der Waals surface area contributed by atoms with E-state index in [1.54, 1.807) is 0 Å². The van der Waals surface area contributed by atoms with Crippen LogP contribution in [0.3, 0.4) is 0 Å². The van der Waals surface area contributed by atoms with Crippen LogP contribution >= 0.6 is 52.6 Å². The third-order valence-electron chi connectivity index (χ3n) is 8.01. The molecule has 1 nitrogen and oxygen atoms in total. The molecule has 1 fully saturated rings. The van der Waals surface area contributed by atoms with Gasteiger partial charge in [0.1, 0.15) is 0 Å². The van der Waals surface area contributed by atoms with E-state index in [1.807, 2.05) is 0 Å². The normalized spacial score (nSPS) is 23.9. The minimum atomic E-state index is -2.73. The molecule has 1 saturated heterocycles. The van der Waals surface area contributed by atoms with Crippen molar-refractivity contribution in [2.75, 3.05) is 18.5 Å². The number of hydrogen-bond donors (Lipinski definition) is 0. The molecule has 1 aliphatic rings. The quantitative estimate of drug-likeness (QED) is 0.156. The van der Waals surface area contributed by atoms with Crippen molar-refractivity contribution in [3.63, 3.8) is 0 Å². The molecule has 1 aliphatic heterocycles. The molecule has 4 aromatic carbocycles. The first kappa shape index (κ1) is 25.3. The Kier molecular flexibility index (Phi) is 6.90. The van der Waals surface area contributed by atoms with Crippen LogP contribution in [0.2, 0.25) is 0 Å². The molecule has 0 radical (unpaired) electrons. The van der Waals surface area contributed by atoms with Gasteiger partial charge in [-0.25, -0.2) is 0 Å². The average Bonchev–Trinajstić information content (AvgIpc) is 2.93. The summed E-state index contributed by atoms with van der Waals surface area (Å²) < 4.78 is -5.34. The number of hydrogen-bond acceptors (Lipinski definition) is 1. The van der Waals surface area contributed by atoms with Crippen LogP contribution in [0.15, 0.2) is 121 Å². The van der Waals surface area contributed by atoms with Gasteiger partial charge in [-0.2, -0.15) is 0 Å². The predicted octanol–water partition coefficient (Wildman–Crippen LogP) is 7.39. The van der Waals surface area contributed by atoms with Crippen LogP contribution in [-0.4, -0.2) is 24.1 Å². The van der Waals surface area contributed by atoms with Crippen molar-refractivity contribution in [2.24, 2.45) is 0 Å². The van der Waals surface area contributed by atoms with Gasteiger partial charge >= 0.3 is 237 Å². The summed E-state index contributed by atoms with van der Waals surface area (Å²) >= 11 is 5.81. The van der Waals surface area contributed by atoms with Gasteiger partial charge in [-0.3, -0.25) is 0 Å². The summed E-state index contributed by atoms with van der Waals surface area (Å²) in [7, 11) is 0. The SMILES string of the molecule is N#CCC1CP(I)(c2ccccc2)(c2ccccc2)CCP1(I)(c1ccccc1)c1ccccc1. The van der Waals surface area contributed by atoms with Crippen molar-refractivity contribution in [1.29, 1.82) is 5.26 Å². The number of nitrogens with zero attached hydrogens (tertiary/aromatic N) is 1. The summed E-state index contributed by atoms with van der Waals surface area (Å²) in [4.78, 5) is 0. The number of halogens is 2. The Morgan fingerprint density at radius 3 is 1.34 bits per heavy atom. The monoisotopic (exact) mass is 719 g/mol. The second-order valence-electron chi connectivity index (χ2n) is 9.62. The third kappa shape index (κ3) is 3.91. The fourth-order valence-corrected chi connectivity index (χ4v) is 32.3. The van der Waals surface area contributed by atoms with Crippen molar-refractivity contribution in [1.82, 2.24) is 0 Å². The molecule has 0 amide bonds. The standard InChI is InChI=1S/C30H29I2NP2/c31-34(26-13-5-1-6-14-26,27-15-7-2-8-16-27)23-24-35(32,30(25-34)21-22-33,28-17-9-3-10-18-28)29-19-11-4-12-20-29/h1-20,30H,21,23-25H2. The zero-order valence-electron chi connectivity index (χ0n) is 19.6. The Morgan fingerprint density at radius 2 is 0.971 bits per heavy atom. The predicted molar refractivity (Wildman–Crippen MR) is 175 cm³/mol. The zero-order valence-corrected chi connectivity index (χ0v) is 25.7. The molecule has 0 saturated carbocycles. The van der Waals surface area contributed by atoms with E-state index in [2.05, 4.69) is 171 Å². The summed E-state index contributed by atoms with van der Waals surface area (Å²) in [5, 5.41) is 16.0. The van der Waals surface area contributed by atoms with E-state index >= 15 is 0 Å². The molecule has 178 valence electrons. The minimum absolute atomic E-state index is 0.278. The van der Waals surface area contributed by atoms with E-state index < -0.39 is 8.49 Å².